The Bertz CT molecular complexity index is 1780. The van der Waals surface area contributed by atoms with Crippen molar-refractivity contribution in [2.45, 2.75) is 186 Å². The number of allylic oxidation sites excluding steroid dienone is 6. The largest absolute Gasteiger partial charge is 0.460 e. The maximum absolute atomic E-state index is 14.2. The van der Waals surface area contributed by atoms with Gasteiger partial charge in [-0.15, -0.1) is 0 Å². The first-order chi connectivity index (χ1) is 31.7. The molecule has 13 nitrogen and oxygen atoms in total. The van der Waals surface area contributed by atoms with Crippen LogP contribution in [-0.2, 0) is 38.1 Å². The third-order valence-corrected chi connectivity index (χ3v) is 14.9. The van der Waals surface area contributed by atoms with E-state index in [1.165, 1.54) is 12.0 Å². The molecule has 4 bridgehead atoms. The number of methoxy groups -OCH3 is 3. The lowest BCUT2D eigenvalue weighted by atomic mass is 9.69. The van der Waals surface area contributed by atoms with Crippen molar-refractivity contribution in [2.75, 3.05) is 21.3 Å². The third-order valence-electron chi connectivity index (χ3n) is 14.9. The van der Waals surface area contributed by atoms with Crippen molar-refractivity contribution >= 4 is 60.7 Å². The second kappa shape index (κ2) is 28.3. The van der Waals surface area contributed by atoms with E-state index in [1.54, 1.807) is 41.1 Å². The molecular weight excluding hydrogens is 1080 g/mol. The summed E-state index contributed by atoms with van der Waals surface area (Å²) in [6.07, 6.45) is 11.9. The quantitative estimate of drug-likeness (QED) is 0.0656. The molecule has 3 fully saturated rings. The van der Waals surface area contributed by atoms with Crippen LogP contribution in [-0.4, -0.2) is 131 Å². The van der Waals surface area contributed by atoms with E-state index in [4.69, 9.17) is 18.9 Å². The lowest BCUT2D eigenvalue weighted by Gasteiger charge is -2.57. The van der Waals surface area contributed by atoms with Gasteiger partial charge in [0.15, 0.2) is 5.78 Å². The van der Waals surface area contributed by atoms with Gasteiger partial charge in [0.05, 0.1) is 30.5 Å². The van der Waals surface area contributed by atoms with Crippen molar-refractivity contribution in [1.82, 2.24) is 4.90 Å². The van der Waals surface area contributed by atoms with E-state index in [1.807, 2.05) is 38.2 Å². The van der Waals surface area contributed by atoms with E-state index in [-0.39, 0.29) is 67.3 Å². The molecule has 15 heteroatoms. The summed E-state index contributed by atoms with van der Waals surface area (Å²) in [6.45, 7) is 17.5. The maximum Gasteiger partial charge on any atom is 0.329 e. The monoisotopic (exact) mass is 1170 g/mol. The predicted octanol–water partition coefficient (Wildman–Crippen LogP) is 8.33. The Morgan fingerprint density at radius 3 is 2.18 bits per heavy atom. The summed E-state index contributed by atoms with van der Waals surface area (Å²) < 4.78 is 23.3. The summed E-state index contributed by atoms with van der Waals surface area (Å²) in [6, 6.07) is -1.95. The standard InChI is InChI=1S/C52H81NO12.I2/c1-30-16-13-12-14-17-31(2)43(62-9)28-39(54)22-20-32(3)49(58)52(61)46-19-15-18-40(53(46)51(52)60)50(59)65-44(35(6)26-38-21-23-41(55)45(27-38)63-10)29-42(56)34(5)25-36(7)47(57)48(64-11)37(8)33(4)24-30;1-2/h12-14,16-17,25,30,32-35,38-41,43-48,54-55,57,61H,8,15,18-24,26-29H2,1-7,9-11H3;/b14-12+,16-13+,31-17+,36-25+;/t30?,32-,33-,34?,35?,38?,39?,40+,41?,43?,44?,45?,46?,47?,48?,52?;/m1./s1. The van der Waals surface area contributed by atoms with E-state index in [0.29, 0.717) is 44.1 Å². The van der Waals surface area contributed by atoms with Crippen molar-refractivity contribution in [1.29, 1.82) is 0 Å². The van der Waals surface area contributed by atoms with Crippen molar-refractivity contribution in [3.63, 3.8) is 0 Å². The molecule has 1 saturated carbocycles. The molecule has 380 valence electrons. The Morgan fingerprint density at radius 1 is 0.851 bits per heavy atom. The number of halogens is 2. The van der Waals surface area contributed by atoms with Crippen LogP contribution in [0, 0.1) is 35.5 Å². The van der Waals surface area contributed by atoms with E-state index in [2.05, 4.69) is 63.7 Å². The first-order valence-electron chi connectivity index (χ1n) is 24.2. The first kappa shape index (κ1) is 59.5. The molecule has 13 unspecified atom stereocenters. The minimum atomic E-state index is -2.29. The topological polar surface area (TPSA) is 189 Å². The number of β-lactam (4-membered cyclic amide) rings is 1. The molecule has 3 aliphatic heterocycles. The fraction of sp³-hybridized carbons (Fsp3) is 0.731. The van der Waals surface area contributed by atoms with Crippen LogP contribution in [0.15, 0.2) is 59.8 Å². The summed E-state index contributed by atoms with van der Waals surface area (Å²) in [5.74, 6) is -3.74. The number of amides is 1. The van der Waals surface area contributed by atoms with E-state index in [0.717, 1.165) is 24.0 Å². The highest BCUT2D eigenvalue weighted by molar-refractivity contribution is 15.0. The number of cyclic esters (lactones) is 1. The molecule has 0 aromatic heterocycles. The number of piperidine rings is 1. The van der Waals surface area contributed by atoms with Crippen LogP contribution in [0.3, 0.4) is 0 Å². The zero-order chi connectivity index (χ0) is 50.3. The fourth-order valence-corrected chi connectivity index (χ4v) is 10.6. The van der Waals surface area contributed by atoms with Crippen LogP contribution < -0.4 is 0 Å². The Hall–Kier alpha value is -1.84. The molecule has 1 aliphatic carbocycles. The third kappa shape index (κ3) is 15.6. The Labute approximate surface area is 423 Å². The summed E-state index contributed by atoms with van der Waals surface area (Å²) in [4.78, 5) is 57.5. The minimum Gasteiger partial charge on any atom is -0.460 e. The number of carbonyl (C=O) groups excluding carboxylic acids is 4. The van der Waals surface area contributed by atoms with E-state index < -0.39 is 77.7 Å². The second-order valence-electron chi connectivity index (χ2n) is 19.9. The smallest absolute Gasteiger partial charge is 0.329 e. The molecule has 4 N–H and O–H groups in total. The van der Waals surface area contributed by atoms with Gasteiger partial charge in [-0.1, -0.05) is 77.7 Å². The summed E-state index contributed by atoms with van der Waals surface area (Å²) >= 11 is 4.24. The van der Waals surface area contributed by atoms with Gasteiger partial charge in [-0.3, -0.25) is 14.4 Å². The summed E-state index contributed by atoms with van der Waals surface area (Å²) in [7, 11) is 4.69. The molecule has 1 amide bonds. The number of esters is 1. The molecule has 2 saturated heterocycles. The van der Waals surface area contributed by atoms with E-state index >= 15 is 0 Å². The molecular formula is C52H81I2NO12. The fourth-order valence-electron chi connectivity index (χ4n) is 10.6. The number of Topliss-reactive ketones (excluding diaryl/α,β-unsaturated/α-hetero) is 2. The van der Waals surface area contributed by atoms with Crippen molar-refractivity contribution in [3.8, 4) is 0 Å². The SMILES string of the molecule is C=C1C(OC)C(O)/C(C)=C/C(C)C(=O)CC(C(C)CC2CCC(O)C(OC)C2)OC(=O)[C@@H]2CCCC3N2C(=O)C3(O)C(=O)[C@H](C)CCC(O)CC(OC)/C(C)=C/C=C/C=C/C(C)C[C@H]1C.II. The Balaban J connectivity index is 0.00000587. The van der Waals surface area contributed by atoms with Crippen LogP contribution in [0.5, 0.6) is 0 Å². The molecule has 67 heavy (non-hydrogen) atoms. The van der Waals surface area contributed by atoms with Gasteiger partial charge in [0.25, 0.3) is 5.91 Å². The number of nitrogens with zero attached hydrogens (tertiary/aromatic N) is 1. The van der Waals surface area contributed by atoms with Gasteiger partial charge in [0, 0.05) is 83.2 Å². The minimum absolute atomic E-state index is 0.00446. The number of carbonyl (C=O) groups is 4. The number of ether oxygens (including phenoxy) is 4. The van der Waals surface area contributed by atoms with Crippen LogP contribution in [0.2, 0.25) is 0 Å². The number of rotatable bonds is 6. The lowest BCUT2D eigenvalue weighted by molar-refractivity contribution is -0.211. The number of aliphatic hydroxyl groups is 4. The molecule has 4 rings (SSSR count). The van der Waals surface area contributed by atoms with Crippen LogP contribution >= 0.6 is 37.2 Å². The summed E-state index contributed by atoms with van der Waals surface area (Å²) in [5, 5.41) is 44.9. The second-order valence-corrected chi connectivity index (χ2v) is 19.9. The highest BCUT2D eigenvalue weighted by atomic mass is 128. The normalized spacial score (nSPS) is 40.2. The predicted molar refractivity (Wildman–Crippen MR) is 277 cm³/mol. The average Bonchev–Trinajstić information content (AvgIpc) is 3.31. The van der Waals surface area contributed by atoms with Crippen LogP contribution in [0.1, 0.15) is 126 Å². The average molecular weight is 1170 g/mol. The lowest BCUT2D eigenvalue weighted by Crippen LogP contribution is -2.81. The van der Waals surface area contributed by atoms with Gasteiger partial charge in [-0.2, -0.15) is 0 Å². The van der Waals surface area contributed by atoms with Gasteiger partial charge in [-0.05, 0) is 118 Å². The van der Waals surface area contributed by atoms with Crippen LogP contribution in [0.25, 0.3) is 0 Å². The molecule has 0 aromatic carbocycles. The Morgan fingerprint density at radius 2 is 1.54 bits per heavy atom. The number of aliphatic hydroxyl groups excluding tert-OH is 3. The Kier molecular flexibility index (Phi) is 25.1. The van der Waals surface area contributed by atoms with Crippen molar-refractivity contribution in [3.05, 3.63) is 59.8 Å². The highest BCUT2D eigenvalue weighted by Crippen LogP contribution is 2.44. The molecule has 3 heterocycles. The molecule has 16 atom stereocenters. The molecule has 4 aliphatic rings. The van der Waals surface area contributed by atoms with Gasteiger partial charge < -0.3 is 44.3 Å². The zero-order valence-corrected chi connectivity index (χ0v) is 45.9. The number of ketones is 2. The van der Waals surface area contributed by atoms with Gasteiger partial charge >= 0.3 is 5.97 Å². The molecule has 0 radical (unpaired) electrons. The number of hydrogen-bond donors (Lipinski definition) is 4. The van der Waals surface area contributed by atoms with Crippen LogP contribution in [0.4, 0.5) is 0 Å². The zero-order valence-electron chi connectivity index (χ0n) is 41.6. The molecule has 0 aromatic rings. The van der Waals surface area contributed by atoms with Gasteiger partial charge in [0.1, 0.15) is 30.1 Å². The first-order valence-corrected chi connectivity index (χ1v) is 30.5. The van der Waals surface area contributed by atoms with Gasteiger partial charge in [0.2, 0.25) is 5.60 Å². The summed E-state index contributed by atoms with van der Waals surface area (Å²) in [5.41, 5.74) is -0.106. The van der Waals surface area contributed by atoms with Crippen molar-refractivity contribution in [2.24, 2.45) is 35.5 Å². The van der Waals surface area contributed by atoms with Gasteiger partial charge in [-0.25, -0.2) is 4.79 Å². The van der Waals surface area contributed by atoms with Crippen molar-refractivity contribution < 1.29 is 58.6 Å². The molecule has 0 spiro atoms. The maximum atomic E-state index is 14.2. The van der Waals surface area contributed by atoms with E-state index in [9.17, 15) is 39.6 Å². The highest BCUT2D eigenvalue weighted by Gasteiger charge is 2.68. The number of hydrogen-bond acceptors (Lipinski definition) is 12.